The third-order valence-electron chi connectivity index (χ3n) is 4.10. The molecule has 0 aromatic heterocycles. The first-order valence-corrected chi connectivity index (χ1v) is 9.12. The molecule has 7 nitrogen and oxygen atoms in total. The Hall–Kier alpha value is -2.90. The van der Waals surface area contributed by atoms with Gasteiger partial charge in [-0.25, -0.2) is 0 Å². The number of benzene rings is 2. The van der Waals surface area contributed by atoms with Crippen molar-refractivity contribution in [3.63, 3.8) is 0 Å². The van der Waals surface area contributed by atoms with E-state index in [4.69, 9.17) is 9.47 Å². The van der Waals surface area contributed by atoms with Crippen molar-refractivity contribution in [2.75, 3.05) is 26.3 Å². The third-order valence-corrected chi connectivity index (χ3v) is 4.10. The summed E-state index contributed by atoms with van der Waals surface area (Å²) in [6.07, 6.45) is 0.118. The highest BCUT2D eigenvalue weighted by Gasteiger charge is 2.15. The predicted octanol–water partition coefficient (Wildman–Crippen LogP) is 2.03. The van der Waals surface area contributed by atoms with E-state index in [1.54, 1.807) is 12.1 Å². The molecule has 0 fully saturated rings. The molecule has 0 bridgehead atoms. The van der Waals surface area contributed by atoms with Gasteiger partial charge in [0.05, 0.1) is 25.4 Å². The van der Waals surface area contributed by atoms with Crippen LogP contribution in [0.15, 0.2) is 54.6 Å². The topological polar surface area (TPSA) is 96.9 Å². The van der Waals surface area contributed by atoms with Crippen LogP contribution in [0.5, 0.6) is 5.75 Å². The first-order chi connectivity index (χ1) is 13.6. The van der Waals surface area contributed by atoms with Gasteiger partial charge in [0, 0.05) is 18.7 Å². The Morgan fingerprint density at radius 1 is 1.11 bits per heavy atom. The van der Waals surface area contributed by atoms with Crippen LogP contribution in [0.1, 0.15) is 28.9 Å². The molecular weight excluding hydrogens is 360 g/mol. The molecule has 0 spiro atoms. The molecule has 2 rings (SSSR count). The molecule has 28 heavy (non-hydrogen) atoms. The van der Waals surface area contributed by atoms with E-state index >= 15 is 0 Å². The molecule has 2 unspecified atom stereocenters. The summed E-state index contributed by atoms with van der Waals surface area (Å²) in [5, 5.41) is 14.7. The molecule has 7 heteroatoms. The van der Waals surface area contributed by atoms with Gasteiger partial charge in [0.25, 0.3) is 5.91 Å². The second-order valence-electron chi connectivity index (χ2n) is 6.21. The lowest BCUT2D eigenvalue weighted by atomic mass is 10.1. The van der Waals surface area contributed by atoms with Crippen LogP contribution in [-0.2, 0) is 14.3 Å². The Kier molecular flexibility index (Phi) is 8.97. The minimum absolute atomic E-state index is 0.101. The monoisotopic (exact) mass is 386 g/mol. The van der Waals surface area contributed by atoms with Crippen molar-refractivity contribution >= 4 is 12.3 Å². The minimum atomic E-state index is -0.374. The Balaban J connectivity index is 1.87. The molecule has 0 aliphatic carbocycles. The van der Waals surface area contributed by atoms with Crippen molar-refractivity contribution in [1.82, 2.24) is 10.6 Å². The van der Waals surface area contributed by atoms with Gasteiger partial charge in [-0.3, -0.25) is 9.59 Å². The average molecular weight is 386 g/mol. The molecule has 3 N–H and O–H groups in total. The standard InChI is InChI=1S/C21H26N2O5/c1-16(17-5-3-2-4-6-17)28-14-20(27-12-11-22-15-24)13-23-21(26)18-7-9-19(25)10-8-18/h2-10,15-16,20,25H,11-14H2,1H3,(H,22,24)(H,23,26). The number of amides is 2. The third kappa shape index (κ3) is 7.38. The number of carbonyl (C=O) groups excluding carboxylic acids is 2. The zero-order chi connectivity index (χ0) is 20.2. The fourth-order valence-electron chi connectivity index (χ4n) is 2.50. The summed E-state index contributed by atoms with van der Waals surface area (Å²) in [6.45, 7) is 3.17. The van der Waals surface area contributed by atoms with Gasteiger partial charge in [-0.15, -0.1) is 0 Å². The van der Waals surface area contributed by atoms with E-state index in [0.717, 1.165) is 5.56 Å². The summed E-state index contributed by atoms with van der Waals surface area (Å²) in [5.41, 5.74) is 1.50. The number of ether oxygens (including phenoxy) is 2. The van der Waals surface area contributed by atoms with Crippen LogP contribution >= 0.6 is 0 Å². The summed E-state index contributed by atoms with van der Waals surface area (Å²) >= 11 is 0. The highest BCUT2D eigenvalue weighted by atomic mass is 16.5. The van der Waals surface area contributed by atoms with Crippen LogP contribution < -0.4 is 10.6 Å². The van der Waals surface area contributed by atoms with Crippen LogP contribution in [0.3, 0.4) is 0 Å². The van der Waals surface area contributed by atoms with Crippen LogP contribution in [0, 0.1) is 0 Å². The first-order valence-electron chi connectivity index (χ1n) is 9.12. The number of carbonyl (C=O) groups is 2. The second-order valence-corrected chi connectivity index (χ2v) is 6.21. The summed E-state index contributed by atoms with van der Waals surface area (Å²) < 4.78 is 11.6. The number of rotatable bonds is 12. The summed E-state index contributed by atoms with van der Waals surface area (Å²) in [5.74, 6) is -0.167. The van der Waals surface area contributed by atoms with E-state index in [1.165, 1.54) is 12.1 Å². The largest absolute Gasteiger partial charge is 0.508 e. The van der Waals surface area contributed by atoms with Crippen LogP contribution in [-0.4, -0.2) is 49.8 Å². The first kappa shape index (κ1) is 21.4. The van der Waals surface area contributed by atoms with Crippen LogP contribution in [0.4, 0.5) is 0 Å². The predicted molar refractivity (Wildman–Crippen MR) is 105 cm³/mol. The molecule has 0 aliphatic heterocycles. The van der Waals surface area contributed by atoms with Crippen molar-refractivity contribution in [3.8, 4) is 5.75 Å². The molecule has 0 aliphatic rings. The number of aromatic hydroxyl groups is 1. The molecular formula is C21H26N2O5. The lowest BCUT2D eigenvalue weighted by molar-refractivity contribution is -0.110. The lowest BCUT2D eigenvalue weighted by Crippen LogP contribution is -2.37. The maximum absolute atomic E-state index is 12.2. The lowest BCUT2D eigenvalue weighted by Gasteiger charge is -2.21. The zero-order valence-corrected chi connectivity index (χ0v) is 15.8. The van der Waals surface area contributed by atoms with E-state index in [-0.39, 0.29) is 37.0 Å². The quantitative estimate of drug-likeness (QED) is 0.383. The Bertz CT molecular complexity index is 721. The van der Waals surface area contributed by atoms with Gasteiger partial charge in [0.1, 0.15) is 5.75 Å². The van der Waals surface area contributed by atoms with Gasteiger partial charge in [-0.05, 0) is 36.8 Å². The van der Waals surface area contributed by atoms with Gasteiger partial charge < -0.3 is 25.2 Å². The molecule has 0 heterocycles. The van der Waals surface area contributed by atoms with Gasteiger partial charge in [0.2, 0.25) is 6.41 Å². The average Bonchev–Trinajstić information content (AvgIpc) is 2.73. The van der Waals surface area contributed by atoms with Gasteiger partial charge in [0.15, 0.2) is 0 Å². The van der Waals surface area contributed by atoms with Gasteiger partial charge in [-0.2, -0.15) is 0 Å². The van der Waals surface area contributed by atoms with E-state index in [2.05, 4.69) is 10.6 Å². The molecule has 0 saturated carbocycles. The highest BCUT2D eigenvalue weighted by molar-refractivity contribution is 5.94. The molecule has 2 aromatic carbocycles. The van der Waals surface area contributed by atoms with E-state index in [1.807, 2.05) is 37.3 Å². The van der Waals surface area contributed by atoms with Crippen molar-refractivity contribution < 1.29 is 24.2 Å². The van der Waals surface area contributed by atoms with Gasteiger partial charge in [-0.1, -0.05) is 30.3 Å². The summed E-state index contributed by atoms with van der Waals surface area (Å²) in [6, 6.07) is 15.8. The Morgan fingerprint density at radius 3 is 2.50 bits per heavy atom. The number of phenols is 1. The number of hydrogen-bond acceptors (Lipinski definition) is 5. The van der Waals surface area contributed by atoms with E-state index < -0.39 is 0 Å². The molecule has 2 aromatic rings. The van der Waals surface area contributed by atoms with Crippen molar-refractivity contribution in [1.29, 1.82) is 0 Å². The molecule has 0 radical (unpaired) electrons. The summed E-state index contributed by atoms with van der Waals surface area (Å²) in [7, 11) is 0. The normalized spacial score (nSPS) is 12.8. The molecule has 150 valence electrons. The molecule has 2 atom stereocenters. The zero-order valence-electron chi connectivity index (χ0n) is 15.8. The highest BCUT2D eigenvalue weighted by Crippen LogP contribution is 2.16. The van der Waals surface area contributed by atoms with Crippen molar-refractivity contribution in [2.45, 2.75) is 19.1 Å². The second kappa shape index (κ2) is 11.7. The van der Waals surface area contributed by atoms with Crippen molar-refractivity contribution in [2.24, 2.45) is 0 Å². The van der Waals surface area contributed by atoms with E-state index in [9.17, 15) is 14.7 Å². The summed E-state index contributed by atoms with van der Waals surface area (Å²) in [4.78, 5) is 22.6. The maximum Gasteiger partial charge on any atom is 0.251 e. The Morgan fingerprint density at radius 2 is 1.82 bits per heavy atom. The SMILES string of the molecule is CC(OCC(CNC(=O)c1ccc(O)cc1)OCCNC=O)c1ccccc1. The van der Waals surface area contributed by atoms with Crippen LogP contribution in [0.2, 0.25) is 0 Å². The van der Waals surface area contributed by atoms with Crippen molar-refractivity contribution in [3.05, 3.63) is 65.7 Å². The minimum Gasteiger partial charge on any atom is -0.508 e. The Labute approximate surface area is 164 Å². The smallest absolute Gasteiger partial charge is 0.251 e. The fraction of sp³-hybridized carbons (Fsp3) is 0.333. The molecule has 2 amide bonds. The molecule has 0 saturated heterocycles. The van der Waals surface area contributed by atoms with Gasteiger partial charge >= 0.3 is 0 Å². The fourth-order valence-corrected chi connectivity index (χ4v) is 2.50. The van der Waals surface area contributed by atoms with Crippen LogP contribution in [0.25, 0.3) is 0 Å². The van der Waals surface area contributed by atoms with E-state index in [0.29, 0.717) is 25.1 Å². The number of nitrogens with one attached hydrogen (secondary N) is 2. The number of hydrogen-bond donors (Lipinski definition) is 3. The maximum atomic E-state index is 12.2. The number of phenolic OH excluding ortho intramolecular Hbond substituents is 1.